The number of benzene rings is 2. The average molecular weight is 366 g/mol. The van der Waals surface area contributed by atoms with Gasteiger partial charge in [0.25, 0.3) is 0 Å². The third kappa shape index (κ3) is 3.16. The molecule has 2 aliphatic heterocycles. The lowest BCUT2D eigenvalue weighted by Crippen LogP contribution is -2.42. The summed E-state index contributed by atoms with van der Waals surface area (Å²) in [6, 6.07) is 16.1. The van der Waals surface area contributed by atoms with Gasteiger partial charge in [-0.1, -0.05) is 48.0 Å². The minimum Gasteiger partial charge on any atom is -0.320 e. The van der Waals surface area contributed by atoms with E-state index in [0.717, 1.165) is 47.2 Å². The van der Waals surface area contributed by atoms with Gasteiger partial charge in [-0.3, -0.25) is 4.99 Å². The number of nitrogens with zero attached hydrogens (tertiary/aromatic N) is 5. The molecule has 0 fully saturated rings. The van der Waals surface area contributed by atoms with Gasteiger partial charge >= 0.3 is 0 Å². The third-order valence-corrected chi connectivity index (χ3v) is 4.74. The summed E-state index contributed by atoms with van der Waals surface area (Å²) >= 11 is 6.46. The maximum atomic E-state index is 6.46. The first-order chi connectivity index (χ1) is 12.6. The van der Waals surface area contributed by atoms with Crippen molar-refractivity contribution < 1.29 is 0 Å². The predicted octanol–water partition coefficient (Wildman–Crippen LogP) is 3.33. The van der Waals surface area contributed by atoms with E-state index in [1.54, 1.807) is 0 Å². The van der Waals surface area contributed by atoms with Crippen molar-refractivity contribution in [2.24, 2.45) is 15.2 Å². The predicted molar refractivity (Wildman–Crippen MR) is 109 cm³/mol. The molecule has 4 rings (SSSR count). The van der Waals surface area contributed by atoms with E-state index in [-0.39, 0.29) is 0 Å². The summed E-state index contributed by atoms with van der Waals surface area (Å²) in [5.74, 6) is 0.863. The molecule has 0 atom stereocenters. The van der Waals surface area contributed by atoms with Crippen molar-refractivity contribution >= 4 is 34.5 Å². The Kier molecular flexibility index (Phi) is 4.57. The minimum atomic E-state index is 0.480. The largest absolute Gasteiger partial charge is 0.320 e. The fraction of sp³-hybridized carbons (Fsp3) is 0.250. The molecular formula is C20H20ClN5. The number of aliphatic imine (C=N–C) groups is 1. The van der Waals surface area contributed by atoms with E-state index in [9.17, 15) is 0 Å². The van der Waals surface area contributed by atoms with Crippen LogP contribution in [0.25, 0.3) is 0 Å². The van der Waals surface area contributed by atoms with Crippen LogP contribution in [0.15, 0.2) is 63.7 Å². The van der Waals surface area contributed by atoms with Gasteiger partial charge in [0.15, 0.2) is 5.84 Å². The number of rotatable bonds is 3. The fourth-order valence-electron chi connectivity index (χ4n) is 3.30. The standard InChI is InChI=1S/C20H20ClN5/c1-25(2)12-14-13-26-18-10-6-4-8-16(18)20(22-11-19(26)24-23-14)15-7-3-5-9-17(15)21/h3-10H,11-13H2,1-2H3. The SMILES string of the molecule is CN(C)CC1=NN=C2CN=C(c3ccccc3Cl)c3ccccc3N2C1. The quantitative estimate of drug-likeness (QED) is 0.837. The molecule has 2 aromatic carbocycles. The molecule has 0 bridgehead atoms. The summed E-state index contributed by atoms with van der Waals surface area (Å²) in [5, 5.41) is 9.57. The molecule has 0 unspecified atom stereocenters. The first kappa shape index (κ1) is 16.9. The number of fused-ring (bicyclic) bond motifs is 3. The van der Waals surface area contributed by atoms with E-state index in [1.807, 2.05) is 50.5 Å². The molecule has 26 heavy (non-hydrogen) atoms. The molecule has 0 saturated heterocycles. The van der Waals surface area contributed by atoms with E-state index < -0.39 is 0 Å². The molecule has 0 spiro atoms. The second-order valence-corrected chi connectivity index (χ2v) is 7.08. The highest BCUT2D eigenvalue weighted by Crippen LogP contribution is 2.30. The molecule has 0 aliphatic carbocycles. The Bertz CT molecular complexity index is 929. The summed E-state index contributed by atoms with van der Waals surface area (Å²) in [6.45, 7) is 1.99. The Morgan fingerprint density at radius 3 is 2.50 bits per heavy atom. The number of hydrogen-bond donors (Lipinski definition) is 0. The number of halogens is 1. The summed E-state index contributed by atoms with van der Waals surface area (Å²) in [7, 11) is 4.08. The van der Waals surface area contributed by atoms with Crippen molar-refractivity contribution in [2.45, 2.75) is 0 Å². The Morgan fingerprint density at radius 2 is 1.73 bits per heavy atom. The summed E-state index contributed by atoms with van der Waals surface area (Å²) in [6.07, 6.45) is 0. The van der Waals surface area contributed by atoms with Gasteiger partial charge in [-0.05, 0) is 26.2 Å². The first-order valence-electron chi connectivity index (χ1n) is 8.57. The van der Waals surface area contributed by atoms with Crippen LogP contribution >= 0.6 is 11.6 Å². The summed E-state index contributed by atoms with van der Waals surface area (Å²) < 4.78 is 0. The maximum Gasteiger partial charge on any atom is 0.154 e. The minimum absolute atomic E-state index is 0.480. The van der Waals surface area contributed by atoms with Crippen molar-refractivity contribution in [1.82, 2.24) is 4.90 Å². The molecule has 132 valence electrons. The molecule has 0 aromatic heterocycles. The number of amidine groups is 1. The Hall–Kier alpha value is -2.50. The molecular weight excluding hydrogens is 346 g/mol. The van der Waals surface area contributed by atoms with Crippen LogP contribution < -0.4 is 4.90 Å². The van der Waals surface area contributed by atoms with Crippen molar-refractivity contribution in [1.29, 1.82) is 0 Å². The molecule has 2 heterocycles. The molecule has 0 amide bonds. The lowest BCUT2D eigenvalue weighted by atomic mass is 10.00. The van der Waals surface area contributed by atoms with Crippen LogP contribution in [-0.2, 0) is 0 Å². The zero-order valence-electron chi connectivity index (χ0n) is 14.9. The summed E-state index contributed by atoms with van der Waals surface area (Å²) in [5.41, 5.74) is 5.04. The topological polar surface area (TPSA) is 43.6 Å². The van der Waals surface area contributed by atoms with Crippen molar-refractivity contribution in [3.05, 3.63) is 64.7 Å². The molecule has 0 radical (unpaired) electrons. The molecule has 0 N–H and O–H groups in total. The Morgan fingerprint density at radius 1 is 1.00 bits per heavy atom. The van der Waals surface area contributed by atoms with Gasteiger partial charge in [-0.15, -0.1) is 5.10 Å². The average Bonchev–Trinajstić information content (AvgIpc) is 2.79. The van der Waals surface area contributed by atoms with E-state index >= 15 is 0 Å². The third-order valence-electron chi connectivity index (χ3n) is 4.42. The zero-order valence-corrected chi connectivity index (χ0v) is 15.6. The number of anilines is 1. The summed E-state index contributed by atoms with van der Waals surface area (Å²) in [4.78, 5) is 9.17. The van der Waals surface area contributed by atoms with E-state index in [2.05, 4.69) is 32.1 Å². The second-order valence-electron chi connectivity index (χ2n) is 6.67. The van der Waals surface area contributed by atoms with Crippen LogP contribution in [0, 0.1) is 0 Å². The highest BCUT2D eigenvalue weighted by molar-refractivity contribution is 6.36. The highest BCUT2D eigenvalue weighted by Gasteiger charge is 2.27. The van der Waals surface area contributed by atoms with Crippen LogP contribution in [0.5, 0.6) is 0 Å². The van der Waals surface area contributed by atoms with Gasteiger partial charge in [0.05, 0.1) is 30.2 Å². The van der Waals surface area contributed by atoms with Gasteiger partial charge in [-0.25, -0.2) is 0 Å². The highest BCUT2D eigenvalue weighted by atomic mass is 35.5. The zero-order chi connectivity index (χ0) is 18.1. The molecule has 6 heteroatoms. The Labute approximate surface area is 158 Å². The maximum absolute atomic E-state index is 6.46. The van der Waals surface area contributed by atoms with Crippen LogP contribution in [0.3, 0.4) is 0 Å². The van der Waals surface area contributed by atoms with Gasteiger partial charge in [0, 0.05) is 22.7 Å². The van der Waals surface area contributed by atoms with E-state index in [4.69, 9.17) is 16.6 Å². The van der Waals surface area contributed by atoms with E-state index in [0.29, 0.717) is 11.6 Å². The lowest BCUT2D eigenvalue weighted by molar-refractivity contribution is 0.467. The smallest absolute Gasteiger partial charge is 0.154 e. The van der Waals surface area contributed by atoms with Gasteiger partial charge < -0.3 is 9.80 Å². The van der Waals surface area contributed by atoms with Crippen molar-refractivity contribution in [3.63, 3.8) is 0 Å². The van der Waals surface area contributed by atoms with Crippen LogP contribution in [0.2, 0.25) is 5.02 Å². The molecule has 0 saturated carbocycles. The van der Waals surface area contributed by atoms with E-state index in [1.165, 1.54) is 0 Å². The normalized spacial score (nSPS) is 16.3. The first-order valence-corrected chi connectivity index (χ1v) is 8.94. The van der Waals surface area contributed by atoms with Crippen LogP contribution in [0.1, 0.15) is 11.1 Å². The van der Waals surface area contributed by atoms with Gasteiger partial charge in [0.2, 0.25) is 0 Å². The molecule has 2 aromatic rings. The van der Waals surface area contributed by atoms with Gasteiger partial charge in [0.1, 0.15) is 0 Å². The molecule has 5 nitrogen and oxygen atoms in total. The number of hydrogen-bond acceptors (Lipinski definition) is 5. The van der Waals surface area contributed by atoms with Gasteiger partial charge in [-0.2, -0.15) is 5.10 Å². The van der Waals surface area contributed by atoms with Crippen molar-refractivity contribution in [3.8, 4) is 0 Å². The monoisotopic (exact) mass is 365 g/mol. The second kappa shape index (κ2) is 7.02. The number of para-hydroxylation sites is 1. The molecule has 2 aliphatic rings. The van der Waals surface area contributed by atoms with Crippen LogP contribution in [-0.4, -0.2) is 55.9 Å². The Balaban J connectivity index is 1.80. The van der Waals surface area contributed by atoms with Crippen molar-refractivity contribution in [2.75, 3.05) is 38.6 Å². The fourth-order valence-corrected chi connectivity index (χ4v) is 3.53. The van der Waals surface area contributed by atoms with Crippen LogP contribution in [0.4, 0.5) is 5.69 Å². The lowest BCUT2D eigenvalue weighted by Gasteiger charge is -2.29.